The fourth-order valence-corrected chi connectivity index (χ4v) is 6.87. The molecule has 3 nitrogen and oxygen atoms in total. The second-order valence-corrected chi connectivity index (χ2v) is 12.3. The molecule has 0 radical (unpaired) electrons. The van der Waals surface area contributed by atoms with E-state index in [-0.39, 0.29) is 0 Å². The number of nitrogens with zero attached hydrogens (tertiary/aromatic N) is 3. The lowest BCUT2D eigenvalue weighted by atomic mass is 9.94. The summed E-state index contributed by atoms with van der Waals surface area (Å²) in [6.07, 6.45) is 0. The van der Waals surface area contributed by atoms with Gasteiger partial charge in [0.2, 0.25) is 0 Å². The summed E-state index contributed by atoms with van der Waals surface area (Å²) in [6.45, 7) is 0. The lowest BCUT2D eigenvalue weighted by Crippen LogP contribution is -2.03. The first-order valence-corrected chi connectivity index (χ1v) is 16.6. The Kier molecular flexibility index (Phi) is 7.14. The highest BCUT2D eigenvalue weighted by Crippen LogP contribution is 2.42. The summed E-state index contributed by atoms with van der Waals surface area (Å²) in [5, 5.41) is 2.36. The molecule has 0 unspecified atom stereocenters. The van der Waals surface area contributed by atoms with Gasteiger partial charge in [0, 0.05) is 33.5 Å². The maximum Gasteiger partial charge on any atom is 0.162 e. The van der Waals surface area contributed by atoms with Crippen molar-refractivity contribution < 1.29 is 0 Å². The maximum atomic E-state index is 5.28. The lowest BCUT2D eigenvalue weighted by Gasteiger charge is -2.15. The summed E-state index contributed by atoms with van der Waals surface area (Å²) in [5.41, 5.74) is 12.2. The van der Waals surface area contributed by atoms with Gasteiger partial charge in [0.15, 0.2) is 5.82 Å². The van der Waals surface area contributed by atoms with Gasteiger partial charge in [-0.25, -0.2) is 9.97 Å². The molecule has 0 bridgehead atoms. The zero-order valence-corrected chi connectivity index (χ0v) is 26.7. The molecule has 3 heteroatoms. The largest absolute Gasteiger partial charge is 0.293 e. The molecule has 9 aromatic rings. The standard InChI is InChI=1S/C46H31N3/c1-5-16-32(17-6-1)36-24-15-25-37(28-36)38-29-40(33-18-7-2-8-19-33)45-41(30-38)39-26-13-14-27-43(39)49(45)44-31-42(34-20-9-3-10-21-34)47-46(48-44)35-22-11-4-12-23-35/h1-31H. The highest BCUT2D eigenvalue weighted by atomic mass is 15.1. The van der Waals surface area contributed by atoms with E-state index in [0.717, 1.165) is 44.8 Å². The fraction of sp³-hybridized carbons (Fsp3) is 0. The van der Waals surface area contributed by atoms with E-state index in [1.165, 1.54) is 33.0 Å². The summed E-state index contributed by atoms with van der Waals surface area (Å²) >= 11 is 0. The van der Waals surface area contributed by atoms with E-state index in [2.05, 4.69) is 168 Å². The van der Waals surface area contributed by atoms with Crippen LogP contribution in [-0.4, -0.2) is 14.5 Å². The molecule has 0 fully saturated rings. The van der Waals surface area contributed by atoms with Gasteiger partial charge in [0.25, 0.3) is 0 Å². The quantitative estimate of drug-likeness (QED) is 0.184. The second kappa shape index (κ2) is 12.2. The molecule has 0 atom stereocenters. The summed E-state index contributed by atoms with van der Waals surface area (Å²) in [6, 6.07) is 66.2. The molecule has 9 rings (SSSR count). The summed E-state index contributed by atoms with van der Waals surface area (Å²) in [4.78, 5) is 10.4. The molecular weight excluding hydrogens is 595 g/mol. The number of hydrogen-bond donors (Lipinski definition) is 0. The van der Waals surface area contributed by atoms with Crippen LogP contribution >= 0.6 is 0 Å². The average molecular weight is 626 g/mol. The van der Waals surface area contributed by atoms with Crippen LogP contribution in [0.15, 0.2) is 188 Å². The number of fused-ring (bicyclic) bond motifs is 3. The van der Waals surface area contributed by atoms with Crippen LogP contribution in [0.3, 0.4) is 0 Å². The first-order valence-electron chi connectivity index (χ1n) is 16.6. The van der Waals surface area contributed by atoms with Gasteiger partial charge in [-0.3, -0.25) is 4.57 Å². The molecule has 49 heavy (non-hydrogen) atoms. The predicted molar refractivity (Wildman–Crippen MR) is 204 cm³/mol. The Balaban J connectivity index is 1.35. The van der Waals surface area contributed by atoms with E-state index in [1.54, 1.807) is 0 Å². The van der Waals surface area contributed by atoms with Crippen LogP contribution in [0.25, 0.3) is 83.6 Å². The molecule has 2 aromatic heterocycles. The summed E-state index contributed by atoms with van der Waals surface area (Å²) in [5.74, 6) is 1.52. The van der Waals surface area contributed by atoms with E-state index in [4.69, 9.17) is 9.97 Å². The Morgan fingerprint density at radius 3 is 1.59 bits per heavy atom. The van der Waals surface area contributed by atoms with Crippen LogP contribution in [0.1, 0.15) is 0 Å². The minimum Gasteiger partial charge on any atom is -0.293 e. The molecule has 0 saturated carbocycles. The summed E-state index contributed by atoms with van der Waals surface area (Å²) in [7, 11) is 0. The molecule has 7 aromatic carbocycles. The highest BCUT2D eigenvalue weighted by Gasteiger charge is 2.21. The van der Waals surface area contributed by atoms with Gasteiger partial charge in [0.05, 0.1) is 16.7 Å². The Morgan fingerprint density at radius 1 is 0.347 bits per heavy atom. The first kappa shape index (κ1) is 28.6. The van der Waals surface area contributed by atoms with Gasteiger partial charge in [0.1, 0.15) is 5.82 Å². The SMILES string of the molecule is c1ccc(-c2cccc(-c3cc(-c4ccccc4)c4c(c3)c3ccccc3n4-c3cc(-c4ccccc4)nc(-c4ccccc4)n3)c2)cc1. The number of hydrogen-bond acceptors (Lipinski definition) is 2. The molecule has 0 N–H and O–H groups in total. The Morgan fingerprint density at radius 2 is 0.898 bits per heavy atom. The zero-order valence-electron chi connectivity index (χ0n) is 26.7. The van der Waals surface area contributed by atoms with Crippen molar-refractivity contribution in [3.63, 3.8) is 0 Å². The Labute approximate surface area is 285 Å². The second-order valence-electron chi connectivity index (χ2n) is 12.3. The fourth-order valence-electron chi connectivity index (χ4n) is 6.87. The third-order valence-corrected chi connectivity index (χ3v) is 9.20. The van der Waals surface area contributed by atoms with Crippen LogP contribution in [0.5, 0.6) is 0 Å². The number of benzene rings is 7. The molecular formula is C46H31N3. The normalized spacial score (nSPS) is 11.3. The van der Waals surface area contributed by atoms with Crippen LogP contribution in [0.4, 0.5) is 0 Å². The number of aromatic nitrogens is 3. The minimum atomic E-state index is 0.693. The molecule has 0 amide bonds. The first-order chi connectivity index (χ1) is 24.3. The van der Waals surface area contributed by atoms with Crippen molar-refractivity contribution in [1.29, 1.82) is 0 Å². The number of para-hydroxylation sites is 1. The van der Waals surface area contributed by atoms with Gasteiger partial charge < -0.3 is 0 Å². The van der Waals surface area contributed by atoms with Gasteiger partial charge in [-0.1, -0.05) is 158 Å². The average Bonchev–Trinajstić information content (AvgIpc) is 3.53. The molecule has 0 aliphatic rings. The molecule has 0 aliphatic heterocycles. The molecule has 230 valence electrons. The van der Waals surface area contributed by atoms with Crippen LogP contribution in [0, 0.1) is 0 Å². The van der Waals surface area contributed by atoms with E-state index in [9.17, 15) is 0 Å². The molecule has 2 heterocycles. The molecule has 0 saturated heterocycles. The van der Waals surface area contributed by atoms with Crippen molar-refractivity contribution in [2.75, 3.05) is 0 Å². The minimum absolute atomic E-state index is 0.693. The van der Waals surface area contributed by atoms with Crippen LogP contribution < -0.4 is 0 Å². The predicted octanol–water partition coefficient (Wildman–Crippen LogP) is 11.9. The van der Waals surface area contributed by atoms with Crippen molar-refractivity contribution >= 4 is 21.8 Å². The Bertz CT molecular complexity index is 2510. The van der Waals surface area contributed by atoms with Crippen molar-refractivity contribution in [1.82, 2.24) is 14.5 Å². The van der Waals surface area contributed by atoms with Crippen LogP contribution in [-0.2, 0) is 0 Å². The van der Waals surface area contributed by atoms with Crippen molar-refractivity contribution in [2.45, 2.75) is 0 Å². The monoisotopic (exact) mass is 625 g/mol. The van der Waals surface area contributed by atoms with E-state index in [1.807, 2.05) is 24.3 Å². The van der Waals surface area contributed by atoms with Gasteiger partial charge in [-0.2, -0.15) is 0 Å². The molecule has 0 aliphatic carbocycles. The van der Waals surface area contributed by atoms with E-state index >= 15 is 0 Å². The molecule has 0 spiro atoms. The highest BCUT2D eigenvalue weighted by molar-refractivity contribution is 6.15. The van der Waals surface area contributed by atoms with Gasteiger partial charge >= 0.3 is 0 Å². The lowest BCUT2D eigenvalue weighted by molar-refractivity contribution is 1.05. The van der Waals surface area contributed by atoms with Crippen molar-refractivity contribution in [2.24, 2.45) is 0 Å². The summed E-state index contributed by atoms with van der Waals surface area (Å²) < 4.78 is 2.33. The topological polar surface area (TPSA) is 30.7 Å². The third-order valence-electron chi connectivity index (χ3n) is 9.20. The maximum absolute atomic E-state index is 5.28. The van der Waals surface area contributed by atoms with E-state index in [0.29, 0.717) is 5.82 Å². The smallest absolute Gasteiger partial charge is 0.162 e. The number of rotatable bonds is 6. The zero-order chi connectivity index (χ0) is 32.6. The van der Waals surface area contributed by atoms with Gasteiger partial charge in [-0.15, -0.1) is 0 Å². The van der Waals surface area contributed by atoms with E-state index < -0.39 is 0 Å². The Hall–Kier alpha value is -6.58. The van der Waals surface area contributed by atoms with Gasteiger partial charge in [-0.05, 0) is 52.1 Å². The van der Waals surface area contributed by atoms with Crippen molar-refractivity contribution in [3.8, 4) is 61.8 Å². The van der Waals surface area contributed by atoms with Crippen molar-refractivity contribution in [3.05, 3.63) is 188 Å². The van der Waals surface area contributed by atoms with Crippen LogP contribution in [0.2, 0.25) is 0 Å². The third kappa shape index (κ3) is 5.28.